The largest absolute Gasteiger partial charge is 0.468 e. The van der Waals surface area contributed by atoms with Crippen molar-refractivity contribution < 1.29 is 12.8 Å². The molecule has 20 heavy (non-hydrogen) atoms. The fourth-order valence-electron chi connectivity index (χ4n) is 1.97. The first kappa shape index (κ1) is 14.8. The third-order valence-corrected chi connectivity index (χ3v) is 4.50. The van der Waals surface area contributed by atoms with Crippen LogP contribution < -0.4 is 10.5 Å². The highest BCUT2D eigenvalue weighted by atomic mass is 32.2. The lowest BCUT2D eigenvalue weighted by atomic mass is 10.1. The molecule has 0 radical (unpaired) electrons. The highest BCUT2D eigenvalue weighted by Crippen LogP contribution is 2.17. The monoisotopic (exact) mass is 294 g/mol. The van der Waals surface area contributed by atoms with Crippen LogP contribution in [0.5, 0.6) is 0 Å². The lowest BCUT2D eigenvalue weighted by Gasteiger charge is -2.10. The highest BCUT2D eigenvalue weighted by Gasteiger charge is 2.15. The molecule has 6 heteroatoms. The number of furan rings is 1. The maximum Gasteiger partial charge on any atom is 0.240 e. The molecule has 0 spiro atoms. The summed E-state index contributed by atoms with van der Waals surface area (Å²) < 4.78 is 32.0. The van der Waals surface area contributed by atoms with Gasteiger partial charge in [-0.15, -0.1) is 0 Å². The minimum Gasteiger partial charge on any atom is -0.468 e. The summed E-state index contributed by atoms with van der Waals surface area (Å²) in [6.45, 7) is 2.46. The van der Waals surface area contributed by atoms with Crippen molar-refractivity contribution in [3.63, 3.8) is 0 Å². The molecule has 108 valence electrons. The average Bonchev–Trinajstić information content (AvgIpc) is 2.97. The van der Waals surface area contributed by atoms with E-state index in [1.165, 1.54) is 6.26 Å². The lowest BCUT2D eigenvalue weighted by Crippen LogP contribution is -2.23. The SMILES string of the molecule is CCc1ccc(S(=O)(=O)NCc2ccco2)cc1CN. The molecule has 5 nitrogen and oxygen atoms in total. The van der Waals surface area contributed by atoms with Gasteiger partial charge < -0.3 is 10.2 Å². The molecule has 3 N–H and O–H groups in total. The summed E-state index contributed by atoms with van der Waals surface area (Å²) in [7, 11) is -3.56. The van der Waals surface area contributed by atoms with Gasteiger partial charge in [-0.3, -0.25) is 0 Å². The van der Waals surface area contributed by atoms with Gasteiger partial charge in [0.15, 0.2) is 0 Å². The van der Waals surface area contributed by atoms with Crippen molar-refractivity contribution in [2.24, 2.45) is 5.73 Å². The third-order valence-electron chi connectivity index (χ3n) is 3.11. The fraction of sp³-hybridized carbons (Fsp3) is 0.286. The van der Waals surface area contributed by atoms with Gasteiger partial charge in [-0.25, -0.2) is 13.1 Å². The minimum atomic E-state index is -3.56. The van der Waals surface area contributed by atoms with Gasteiger partial charge in [-0.05, 0) is 41.8 Å². The van der Waals surface area contributed by atoms with Crippen LogP contribution >= 0.6 is 0 Å². The molecule has 1 heterocycles. The zero-order valence-corrected chi connectivity index (χ0v) is 12.1. The zero-order valence-electron chi connectivity index (χ0n) is 11.3. The van der Waals surface area contributed by atoms with Crippen LogP contribution in [0.1, 0.15) is 23.8 Å². The summed E-state index contributed by atoms with van der Waals surface area (Å²) >= 11 is 0. The number of nitrogens with two attached hydrogens (primary N) is 1. The molecule has 0 unspecified atom stereocenters. The van der Waals surface area contributed by atoms with Gasteiger partial charge in [-0.1, -0.05) is 13.0 Å². The van der Waals surface area contributed by atoms with E-state index in [1.54, 1.807) is 24.3 Å². The smallest absolute Gasteiger partial charge is 0.240 e. The first-order chi connectivity index (χ1) is 9.56. The molecule has 1 aromatic heterocycles. The molecule has 2 aromatic rings. The van der Waals surface area contributed by atoms with Crippen LogP contribution in [-0.2, 0) is 29.5 Å². The normalized spacial score (nSPS) is 11.7. The summed E-state index contributed by atoms with van der Waals surface area (Å²) in [4.78, 5) is 0.224. The molecule has 0 aliphatic rings. The summed E-state index contributed by atoms with van der Waals surface area (Å²) in [6, 6.07) is 8.47. The van der Waals surface area contributed by atoms with Crippen molar-refractivity contribution in [1.82, 2.24) is 4.72 Å². The van der Waals surface area contributed by atoms with E-state index in [-0.39, 0.29) is 11.4 Å². The van der Waals surface area contributed by atoms with E-state index in [2.05, 4.69) is 4.72 Å². The third kappa shape index (κ3) is 3.27. The molecule has 0 aliphatic heterocycles. The van der Waals surface area contributed by atoms with E-state index in [1.807, 2.05) is 13.0 Å². The Bertz CT molecular complexity index is 664. The average molecular weight is 294 g/mol. The predicted octanol–water partition coefficient (Wildman–Crippen LogP) is 1.78. The molecule has 0 aliphatic carbocycles. The highest BCUT2D eigenvalue weighted by molar-refractivity contribution is 7.89. The Morgan fingerprint density at radius 2 is 2.05 bits per heavy atom. The van der Waals surface area contributed by atoms with Crippen molar-refractivity contribution in [2.45, 2.75) is 31.3 Å². The number of sulfonamides is 1. The number of nitrogens with one attached hydrogen (secondary N) is 1. The molecule has 0 saturated carbocycles. The Morgan fingerprint density at radius 1 is 1.25 bits per heavy atom. The van der Waals surface area contributed by atoms with Crippen molar-refractivity contribution in [3.05, 3.63) is 53.5 Å². The van der Waals surface area contributed by atoms with Crippen LogP contribution in [0.2, 0.25) is 0 Å². The molecule has 2 rings (SSSR count). The van der Waals surface area contributed by atoms with Crippen molar-refractivity contribution >= 4 is 10.0 Å². The van der Waals surface area contributed by atoms with E-state index in [0.29, 0.717) is 12.3 Å². The first-order valence-electron chi connectivity index (χ1n) is 6.40. The molecule has 0 fully saturated rings. The maximum absolute atomic E-state index is 12.2. The quantitative estimate of drug-likeness (QED) is 0.850. The van der Waals surface area contributed by atoms with Gasteiger partial charge in [0.05, 0.1) is 17.7 Å². The number of benzene rings is 1. The second kappa shape index (κ2) is 6.21. The first-order valence-corrected chi connectivity index (χ1v) is 7.89. The molecule has 1 aromatic carbocycles. The Kier molecular flexibility index (Phi) is 4.59. The Balaban J connectivity index is 2.20. The van der Waals surface area contributed by atoms with Gasteiger partial charge in [0.1, 0.15) is 5.76 Å². The van der Waals surface area contributed by atoms with E-state index >= 15 is 0 Å². The van der Waals surface area contributed by atoms with Crippen molar-refractivity contribution in [1.29, 1.82) is 0 Å². The van der Waals surface area contributed by atoms with E-state index < -0.39 is 10.0 Å². The summed E-state index contributed by atoms with van der Waals surface area (Å²) in [5, 5.41) is 0. The molecular weight excluding hydrogens is 276 g/mol. The minimum absolute atomic E-state index is 0.128. The summed E-state index contributed by atoms with van der Waals surface area (Å²) in [6.07, 6.45) is 2.33. The second-order valence-electron chi connectivity index (χ2n) is 4.39. The lowest BCUT2D eigenvalue weighted by molar-refractivity contribution is 0.498. The Labute approximate surface area is 118 Å². The molecule has 0 saturated heterocycles. The van der Waals surface area contributed by atoms with Crippen LogP contribution in [0.3, 0.4) is 0 Å². The predicted molar refractivity (Wildman–Crippen MR) is 76.4 cm³/mol. The molecule has 0 bridgehead atoms. The van der Waals surface area contributed by atoms with Crippen LogP contribution in [0.15, 0.2) is 45.9 Å². The van der Waals surface area contributed by atoms with Crippen LogP contribution in [0.25, 0.3) is 0 Å². The van der Waals surface area contributed by atoms with E-state index in [0.717, 1.165) is 17.5 Å². The second-order valence-corrected chi connectivity index (χ2v) is 6.16. The van der Waals surface area contributed by atoms with Crippen molar-refractivity contribution in [2.75, 3.05) is 0 Å². The Hall–Kier alpha value is -1.63. The number of aryl methyl sites for hydroxylation is 1. The van der Waals surface area contributed by atoms with Gasteiger partial charge in [-0.2, -0.15) is 0 Å². The topological polar surface area (TPSA) is 85.3 Å². The Morgan fingerprint density at radius 3 is 2.65 bits per heavy atom. The molecule has 0 amide bonds. The number of hydrogen-bond acceptors (Lipinski definition) is 4. The van der Waals surface area contributed by atoms with Gasteiger partial charge in [0.25, 0.3) is 0 Å². The van der Waals surface area contributed by atoms with Crippen LogP contribution in [0, 0.1) is 0 Å². The van der Waals surface area contributed by atoms with Gasteiger partial charge >= 0.3 is 0 Å². The maximum atomic E-state index is 12.2. The number of hydrogen-bond donors (Lipinski definition) is 2. The standard InChI is InChI=1S/C14H18N2O3S/c1-2-11-5-6-14(8-12(11)9-15)20(17,18)16-10-13-4-3-7-19-13/h3-8,16H,2,9-10,15H2,1H3. The number of rotatable bonds is 6. The van der Waals surface area contributed by atoms with Crippen LogP contribution in [-0.4, -0.2) is 8.42 Å². The zero-order chi connectivity index (χ0) is 14.6. The van der Waals surface area contributed by atoms with E-state index in [4.69, 9.17) is 10.2 Å². The van der Waals surface area contributed by atoms with Crippen LogP contribution in [0.4, 0.5) is 0 Å². The van der Waals surface area contributed by atoms with E-state index in [9.17, 15) is 8.42 Å². The van der Waals surface area contributed by atoms with Gasteiger partial charge in [0.2, 0.25) is 10.0 Å². The molecular formula is C14H18N2O3S. The molecule has 0 atom stereocenters. The van der Waals surface area contributed by atoms with Gasteiger partial charge in [0, 0.05) is 6.54 Å². The van der Waals surface area contributed by atoms with Crippen molar-refractivity contribution in [3.8, 4) is 0 Å². The summed E-state index contributed by atoms with van der Waals surface area (Å²) in [5.41, 5.74) is 7.58. The summed E-state index contributed by atoms with van der Waals surface area (Å²) in [5.74, 6) is 0.567. The fourth-order valence-corrected chi connectivity index (χ4v) is 3.01.